The Morgan fingerprint density at radius 2 is 2.22 bits per heavy atom. The second kappa shape index (κ2) is 6.95. The van der Waals surface area contributed by atoms with Crippen molar-refractivity contribution in [3.8, 4) is 10.8 Å². The smallest absolute Gasteiger partial charge is 0.236 e. The third-order valence-corrected chi connectivity index (χ3v) is 4.90. The fraction of sp³-hybridized carbons (Fsp3) is 0.438. The molecule has 1 fully saturated rings. The summed E-state index contributed by atoms with van der Waals surface area (Å²) < 4.78 is 5.43. The van der Waals surface area contributed by atoms with Gasteiger partial charge in [0.2, 0.25) is 17.7 Å². The van der Waals surface area contributed by atoms with Crippen LogP contribution >= 0.6 is 11.3 Å². The number of carbonyl (C=O) groups excluding carboxylic acids is 2. The lowest BCUT2D eigenvalue weighted by Gasteiger charge is -2.30. The van der Waals surface area contributed by atoms with Crippen molar-refractivity contribution in [1.82, 2.24) is 15.2 Å². The van der Waals surface area contributed by atoms with Gasteiger partial charge in [0.1, 0.15) is 6.26 Å². The number of carbonyl (C=O) groups is 2. The van der Waals surface area contributed by atoms with Gasteiger partial charge in [-0.2, -0.15) is 0 Å². The van der Waals surface area contributed by atoms with Crippen molar-refractivity contribution >= 4 is 23.2 Å². The van der Waals surface area contributed by atoms with E-state index in [1.165, 1.54) is 0 Å². The molecule has 0 spiro atoms. The Labute approximate surface area is 138 Å². The van der Waals surface area contributed by atoms with Gasteiger partial charge in [0.05, 0.1) is 17.1 Å². The minimum Gasteiger partial charge on any atom is -0.443 e. The summed E-state index contributed by atoms with van der Waals surface area (Å²) in [6.07, 6.45) is 3.00. The van der Waals surface area contributed by atoms with Gasteiger partial charge in [-0.3, -0.25) is 9.59 Å². The van der Waals surface area contributed by atoms with Crippen LogP contribution in [0.4, 0.5) is 0 Å². The van der Waals surface area contributed by atoms with Crippen LogP contribution in [0.5, 0.6) is 0 Å². The van der Waals surface area contributed by atoms with Crippen LogP contribution in [0.25, 0.3) is 10.8 Å². The van der Waals surface area contributed by atoms with Crippen LogP contribution < -0.4 is 5.32 Å². The molecule has 1 saturated heterocycles. The Hall–Kier alpha value is -2.15. The molecule has 6 nitrogen and oxygen atoms in total. The number of aromatic nitrogens is 1. The van der Waals surface area contributed by atoms with Gasteiger partial charge in [0.25, 0.3) is 0 Å². The predicted octanol–water partition coefficient (Wildman–Crippen LogP) is 2.28. The number of hydrogen-bond donors (Lipinski definition) is 1. The number of nitrogens with zero attached hydrogens (tertiary/aromatic N) is 2. The zero-order valence-corrected chi connectivity index (χ0v) is 13.8. The van der Waals surface area contributed by atoms with Gasteiger partial charge in [-0.15, -0.1) is 11.3 Å². The number of thiophene rings is 1. The topological polar surface area (TPSA) is 75.4 Å². The van der Waals surface area contributed by atoms with E-state index in [0.29, 0.717) is 44.1 Å². The Morgan fingerprint density at radius 1 is 1.43 bits per heavy atom. The number of piperidine rings is 1. The molecule has 0 aliphatic carbocycles. The van der Waals surface area contributed by atoms with E-state index in [-0.39, 0.29) is 17.7 Å². The normalized spacial score (nSPS) is 15.6. The highest BCUT2D eigenvalue weighted by atomic mass is 32.1. The van der Waals surface area contributed by atoms with Gasteiger partial charge in [0.15, 0.2) is 0 Å². The van der Waals surface area contributed by atoms with Crippen molar-refractivity contribution in [2.24, 2.45) is 5.92 Å². The molecule has 0 bridgehead atoms. The number of nitrogens with one attached hydrogen (secondary N) is 1. The van der Waals surface area contributed by atoms with Gasteiger partial charge in [-0.25, -0.2) is 4.98 Å². The first-order valence-electron chi connectivity index (χ1n) is 7.65. The lowest BCUT2D eigenvalue weighted by molar-refractivity contribution is -0.134. The molecule has 0 saturated carbocycles. The SMILES string of the molecule is CC(=O)N1CCC(C(=O)NCc2coc(-c3cccs3)n2)CC1. The second-order valence-corrected chi connectivity index (χ2v) is 6.57. The number of amides is 2. The average molecular weight is 333 g/mol. The Morgan fingerprint density at radius 3 is 2.87 bits per heavy atom. The van der Waals surface area contributed by atoms with Gasteiger partial charge >= 0.3 is 0 Å². The predicted molar refractivity (Wildman–Crippen MR) is 86.6 cm³/mol. The summed E-state index contributed by atoms with van der Waals surface area (Å²) >= 11 is 1.56. The monoisotopic (exact) mass is 333 g/mol. The van der Waals surface area contributed by atoms with E-state index in [2.05, 4.69) is 10.3 Å². The maximum absolute atomic E-state index is 12.2. The van der Waals surface area contributed by atoms with Crippen molar-refractivity contribution in [3.63, 3.8) is 0 Å². The van der Waals surface area contributed by atoms with E-state index < -0.39 is 0 Å². The van der Waals surface area contributed by atoms with Crippen molar-refractivity contribution in [3.05, 3.63) is 29.5 Å². The molecular weight excluding hydrogens is 314 g/mol. The van der Waals surface area contributed by atoms with Gasteiger partial charge in [0, 0.05) is 25.9 Å². The van der Waals surface area contributed by atoms with Crippen LogP contribution in [0.1, 0.15) is 25.5 Å². The van der Waals surface area contributed by atoms with E-state index in [9.17, 15) is 9.59 Å². The van der Waals surface area contributed by atoms with Crippen LogP contribution in [-0.2, 0) is 16.1 Å². The molecular formula is C16H19N3O3S. The van der Waals surface area contributed by atoms with Crippen LogP contribution in [0.15, 0.2) is 28.2 Å². The quantitative estimate of drug-likeness (QED) is 0.931. The van der Waals surface area contributed by atoms with E-state index >= 15 is 0 Å². The molecule has 1 N–H and O–H groups in total. The maximum atomic E-state index is 12.2. The molecule has 0 atom stereocenters. The number of likely N-dealkylation sites (tertiary alicyclic amines) is 1. The van der Waals surface area contributed by atoms with Gasteiger partial charge < -0.3 is 14.6 Å². The summed E-state index contributed by atoms with van der Waals surface area (Å²) in [5.74, 6) is 0.648. The minimum atomic E-state index is -0.0331. The Kier molecular flexibility index (Phi) is 4.76. The summed E-state index contributed by atoms with van der Waals surface area (Å²) in [4.78, 5) is 30.6. The number of oxazole rings is 1. The maximum Gasteiger partial charge on any atom is 0.236 e. The van der Waals surface area contributed by atoms with Crippen molar-refractivity contribution in [2.75, 3.05) is 13.1 Å². The largest absolute Gasteiger partial charge is 0.443 e. The van der Waals surface area contributed by atoms with Gasteiger partial charge in [-0.05, 0) is 24.3 Å². The van der Waals surface area contributed by atoms with Gasteiger partial charge in [-0.1, -0.05) is 6.07 Å². The molecule has 0 radical (unpaired) electrons. The molecule has 2 aromatic rings. The number of rotatable bonds is 4. The lowest BCUT2D eigenvalue weighted by atomic mass is 9.96. The van der Waals surface area contributed by atoms with Crippen LogP contribution in [0, 0.1) is 5.92 Å². The standard InChI is InChI=1S/C16H19N3O3S/c1-11(20)19-6-4-12(5-7-19)15(21)17-9-13-10-22-16(18-13)14-3-2-8-23-14/h2-3,8,10,12H,4-7,9H2,1H3,(H,17,21). The van der Waals surface area contributed by atoms with E-state index in [1.54, 1.807) is 29.4 Å². The molecule has 1 aliphatic rings. The Balaban J connectivity index is 1.49. The first kappa shape index (κ1) is 15.7. The zero-order valence-electron chi connectivity index (χ0n) is 12.9. The summed E-state index contributed by atoms with van der Waals surface area (Å²) in [6.45, 7) is 3.23. The highest BCUT2D eigenvalue weighted by Gasteiger charge is 2.25. The molecule has 0 aromatic carbocycles. The molecule has 23 heavy (non-hydrogen) atoms. The summed E-state index contributed by atoms with van der Waals surface area (Å²) in [7, 11) is 0. The summed E-state index contributed by atoms with van der Waals surface area (Å²) in [5, 5.41) is 4.88. The molecule has 7 heteroatoms. The van der Waals surface area contributed by atoms with Crippen LogP contribution in [-0.4, -0.2) is 34.8 Å². The zero-order chi connectivity index (χ0) is 16.2. The molecule has 3 heterocycles. The first-order chi connectivity index (χ1) is 11.1. The molecule has 3 rings (SSSR count). The highest BCUT2D eigenvalue weighted by Crippen LogP contribution is 2.23. The Bertz CT molecular complexity index is 673. The van der Waals surface area contributed by atoms with Crippen molar-refractivity contribution in [1.29, 1.82) is 0 Å². The van der Waals surface area contributed by atoms with Crippen LogP contribution in [0.2, 0.25) is 0 Å². The second-order valence-electron chi connectivity index (χ2n) is 5.62. The average Bonchev–Trinajstić information content (AvgIpc) is 3.23. The lowest BCUT2D eigenvalue weighted by Crippen LogP contribution is -2.42. The number of hydrogen-bond acceptors (Lipinski definition) is 5. The molecule has 122 valence electrons. The van der Waals surface area contributed by atoms with E-state index in [1.807, 2.05) is 17.5 Å². The van der Waals surface area contributed by atoms with Crippen LogP contribution in [0.3, 0.4) is 0 Å². The third-order valence-electron chi connectivity index (χ3n) is 4.04. The van der Waals surface area contributed by atoms with E-state index in [4.69, 9.17) is 4.42 Å². The fourth-order valence-electron chi connectivity index (χ4n) is 2.68. The molecule has 0 unspecified atom stereocenters. The third kappa shape index (κ3) is 3.79. The van der Waals surface area contributed by atoms with Crippen molar-refractivity contribution in [2.45, 2.75) is 26.3 Å². The highest BCUT2D eigenvalue weighted by molar-refractivity contribution is 7.13. The molecule has 2 amide bonds. The molecule has 1 aliphatic heterocycles. The van der Waals surface area contributed by atoms with E-state index in [0.717, 1.165) is 4.88 Å². The minimum absolute atomic E-state index is 0.0221. The summed E-state index contributed by atoms with van der Waals surface area (Å²) in [5.41, 5.74) is 0.711. The molecule has 2 aromatic heterocycles. The summed E-state index contributed by atoms with van der Waals surface area (Å²) in [6, 6.07) is 3.89. The first-order valence-corrected chi connectivity index (χ1v) is 8.53. The fourth-order valence-corrected chi connectivity index (χ4v) is 3.34. The van der Waals surface area contributed by atoms with Crippen molar-refractivity contribution < 1.29 is 14.0 Å².